The first-order chi connectivity index (χ1) is 8.46. The second-order valence-corrected chi connectivity index (χ2v) is 6.97. The summed E-state index contributed by atoms with van der Waals surface area (Å²) in [6, 6.07) is 5.60. The van der Waals surface area contributed by atoms with Crippen molar-refractivity contribution in [3.05, 3.63) is 33.8 Å². The third kappa shape index (κ3) is 5.07. The molecule has 0 saturated carbocycles. The first-order valence-electron chi connectivity index (χ1n) is 5.81. The first-order valence-corrected chi connectivity index (χ1v) is 7.55. The van der Waals surface area contributed by atoms with Crippen LogP contribution >= 0.6 is 47.4 Å². The number of benzene rings is 1. The Kier molecular flexibility index (Phi) is 6.31. The van der Waals surface area contributed by atoms with Gasteiger partial charge in [0.25, 0.3) is 0 Å². The summed E-state index contributed by atoms with van der Waals surface area (Å²) in [6.45, 7) is 6.26. The first kappa shape index (κ1) is 17.0. The van der Waals surface area contributed by atoms with Gasteiger partial charge in [0.15, 0.2) is 5.17 Å². The highest BCUT2D eigenvalue weighted by molar-refractivity contribution is 8.13. The molecule has 2 rings (SSSR count). The fraction of sp³-hybridized carbons (Fsp3) is 0.462. The maximum Gasteiger partial charge on any atom is 0.156 e. The second-order valence-electron chi connectivity index (χ2n) is 5.16. The zero-order valence-electron chi connectivity index (χ0n) is 10.9. The van der Waals surface area contributed by atoms with Crippen LogP contribution in [-0.4, -0.2) is 18.3 Å². The number of amidine groups is 1. The Morgan fingerprint density at radius 2 is 2.11 bits per heavy atom. The van der Waals surface area contributed by atoms with Crippen LogP contribution in [0.4, 0.5) is 0 Å². The summed E-state index contributed by atoms with van der Waals surface area (Å²) >= 11 is 13.7. The van der Waals surface area contributed by atoms with Crippen LogP contribution in [0.1, 0.15) is 19.4 Å². The molecule has 0 fully saturated rings. The van der Waals surface area contributed by atoms with Gasteiger partial charge in [-0.1, -0.05) is 54.9 Å². The van der Waals surface area contributed by atoms with Crippen LogP contribution in [0.5, 0.6) is 0 Å². The molecule has 0 aliphatic carbocycles. The summed E-state index contributed by atoms with van der Waals surface area (Å²) in [7, 11) is 0. The topological polar surface area (TPSA) is 24.4 Å². The predicted molar refractivity (Wildman–Crippen MR) is 89.1 cm³/mol. The Balaban J connectivity index is 0.00000180. The lowest BCUT2D eigenvalue weighted by molar-refractivity contribution is 0.364. The fourth-order valence-electron chi connectivity index (χ4n) is 1.59. The summed E-state index contributed by atoms with van der Waals surface area (Å²) in [6.07, 6.45) is 0. The maximum absolute atomic E-state index is 6.13. The number of hydrogen-bond donors (Lipinski definition) is 1. The van der Waals surface area contributed by atoms with E-state index in [1.54, 1.807) is 17.8 Å². The summed E-state index contributed by atoms with van der Waals surface area (Å²) < 4.78 is 0. The van der Waals surface area contributed by atoms with Crippen LogP contribution in [0.3, 0.4) is 0 Å². The van der Waals surface area contributed by atoms with E-state index in [2.05, 4.69) is 24.2 Å². The minimum atomic E-state index is 0. The normalized spacial score (nSPS) is 17.2. The molecule has 0 radical (unpaired) electrons. The molecule has 1 heterocycles. The molecule has 6 heteroatoms. The molecule has 2 nitrogen and oxygen atoms in total. The average Bonchev–Trinajstić information content (AvgIpc) is 2.29. The van der Waals surface area contributed by atoms with Gasteiger partial charge in [-0.15, -0.1) is 12.4 Å². The van der Waals surface area contributed by atoms with Gasteiger partial charge in [-0.2, -0.15) is 0 Å². The van der Waals surface area contributed by atoms with Crippen LogP contribution in [0.15, 0.2) is 23.2 Å². The lowest BCUT2D eigenvalue weighted by atomic mass is 9.93. The van der Waals surface area contributed by atoms with Crippen LogP contribution < -0.4 is 5.32 Å². The molecule has 1 aromatic rings. The third-order valence-electron chi connectivity index (χ3n) is 2.75. The Bertz CT molecular complexity index is 475. The summed E-state index contributed by atoms with van der Waals surface area (Å²) in [5.74, 6) is 0.808. The molecule has 0 amide bonds. The van der Waals surface area contributed by atoms with Crippen molar-refractivity contribution in [3.8, 4) is 0 Å². The predicted octanol–water partition coefficient (Wildman–Crippen LogP) is 4.63. The summed E-state index contributed by atoms with van der Waals surface area (Å²) in [5.41, 5.74) is 1.34. The Morgan fingerprint density at radius 1 is 1.37 bits per heavy atom. The molecular formula is C13H17Cl3N2S. The number of halogens is 3. The molecule has 0 bridgehead atoms. The third-order valence-corrected chi connectivity index (χ3v) is 4.34. The Hall–Kier alpha value is -0.0900. The van der Waals surface area contributed by atoms with E-state index < -0.39 is 0 Å². The zero-order chi connectivity index (χ0) is 13.2. The van der Waals surface area contributed by atoms with Crippen molar-refractivity contribution in [2.45, 2.75) is 19.6 Å². The van der Waals surface area contributed by atoms with E-state index in [1.807, 2.05) is 12.1 Å². The molecule has 0 aromatic heterocycles. The van der Waals surface area contributed by atoms with Gasteiger partial charge in [-0.3, -0.25) is 4.99 Å². The number of nitrogens with one attached hydrogen (secondary N) is 1. The number of nitrogens with zero attached hydrogens (tertiary/aromatic N) is 1. The van der Waals surface area contributed by atoms with Crippen LogP contribution in [0, 0.1) is 5.41 Å². The van der Waals surface area contributed by atoms with Gasteiger partial charge < -0.3 is 5.32 Å². The SMILES string of the molecule is CC1(C)CN=C(SCc2ccc(Cl)cc2Cl)NC1.Cl. The standard InChI is InChI=1S/C13H16Cl2N2S.ClH/c1-13(2)7-16-12(17-8-13)18-6-9-3-4-10(14)5-11(9)15;/h3-5H,6-8H2,1-2H3,(H,16,17);1H. The highest BCUT2D eigenvalue weighted by Crippen LogP contribution is 2.26. The summed E-state index contributed by atoms with van der Waals surface area (Å²) in [5, 5.41) is 5.74. The van der Waals surface area contributed by atoms with Crippen molar-refractivity contribution in [1.82, 2.24) is 5.32 Å². The Labute approximate surface area is 134 Å². The quantitative estimate of drug-likeness (QED) is 0.849. The number of rotatable bonds is 2. The molecule has 1 N–H and O–H groups in total. The van der Waals surface area contributed by atoms with E-state index in [0.29, 0.717) is 10.0 Å². The number of thioether (sulfide) groups is 1. The van der Waals surface area contributed by atoms with Crippen molar-refractivity contribution in [1.29, 1.82) is 0 Å². The minimum absolute atomic E-state index is 0. The van der Waals surface area contributed by atoms with E-state index in [-0.39, 0.29) is 17.8 Å². The van der Waals surface area contributed by atoms with Gasteiger partial charge in [-0.05, 0) is 17.7 Å². The molecular weight excluding hydrogens is 323 g/mol. The lowest BCUT2D eigenvalue weighted by Crippen LogP contribution is -2.39. The molecule has 106 valence electrons. The molecule has 0 spiro atoms. The van der Waals surface area contributed by atoms with E-state index >= 15 is 0 Å². The van der Waals surface area contributed by atoms with E-state index in [1.165, 1.54) is 0 Å². The lowest BCUT2D eigenvalue weighted by Gasteiger charge is -2.28. The summed E-state index contributed by atoms with van der Waals surface area (Å²) in [4.78, 5) is 4.54. The molecule has 1 aromatic carbocycles. The maximum atomic E-state index is 6.13. The van der Waals surface area contributed by atoms with Gasteiger partial charge in [0.2, 0.25) is 0 Å². The molecule has 1 aliphatic rings. The van der Waals surface area contributed by atoms with Gasteiger partial charge in [0.05, 0.1) is 0 Å². The number of hydrogen-bond acceptors (Lipinski definition) is 3. The molecule has 0 saturated heterocycles. The van der Waals surface area contributed by atoms with Gasteiger partial charge in [0, 0.05) is 34.3 Å². The Morgan fingerprint density at radius 3 is 2.68 bits per heavy atom. The van der Waals surface area contributed by atoms with Crippen LogP contribution in [0.2, 0.25) is 10.0 Å². The van der Waals surface area contributed by atoms with Crippen molar-refractivity contribution < 1.29 is 0 Å². The van der Waals surface area contributed by atoms with E-state index in [0.717, 1.165) is 29.6 Å². The zero-order valence-corrected chi connectivity index (χ0v) is 14.0. The average molecular weight is 340 g/mol. The van der Waals surface area contributed by atoms with Crippen molar-refractivity contribution >= 4 is 52.5 Å². The van der Waals surface area contributed by atoms with Gasteiger partial charge in [0.1, 0.15) is 0 Å². The number of aliphatic imine (C=N–C) groups is 1. The molecule has 1 aliphatic heterocycles. The molecule has 0 atom stereocenters. The smallest absolute Gasteiger partial charge is 0.156 e. The highest BCUT2D eigenvalue weighted by Gasteiger charge is 2.22. The van der Waals surface area contributed by atoms with Crippen molar-refractivity contribution in [3.63, 3.8) is 0 Å². The van der Waals surface area contributed by atoms with Gasteiger partial charge in [-0.25, -0.2) is 0 Å². The molecule has 19 heavy (non-hydrogen) atoms. The second kappa shape index (κ2) is 7.07. The largest absolute Gasteiger partial charge is 0.364 e. The fourth-order valence-corrected chi connectivity index (χ4v) is 3.02. The molecule has 0 unspecified atom stereocenters. The van der Waals surface area contributed by atoms with E-state index in [4.69, 9.17) is 23.2 Å². The van der Waals surface area contributed by atoms with Crippen LogP contribution in [-0.2, 0) is 5.75 Å². The minimum Gasteiger partial charge on any atom is -0.364 e. The van der Waals surface area contributed by atoms with Crippen LogP contribution in [0.25, 0.3) is 0 Å². The van der Waals surface area contributed by atoms with E-state index in [9.17, 15) is 0 Å². The van der Waals surface area contributed by atoms with Gasteiger partial charge >= 0.3 is 0 Å². The highest BCUT2D eigenvalue weighted by atomic mass is 35.5. The van der Waals surface area contributed by atoms with Crippen molar-refractivity contribution in [2.24, 2.45) is 10.4 Å². The monoisotopic (exact) mass is 338 g/mol. The van der Waals surface area contributed by atoms with Crippen molar-refractivity contribution in [2.75, 3.05) is 13.1 Å².